The Hall–Kier alpha value is -0.120. The minimum Gasteiger partial charge on any atom is -0.378 e. The molecule has 3 heteroatoms. The maximum atomic E-state index is 6.34. The molecular formula is C17H37NO2. The summed E-state index contributed by atoms with van der Waals surface area (Å²) in [5, 5.41) is 0. The van der Waals surface area contributed by atoms with Gasteiger partial charge >= 0.3 is 0 Å². The lowest BCUT2D eigenvalue weighted by Crippen LogP contribution is -2.40. The van der Waals surface area contributed by atoms with Crippen LogP contribution in [-0.4, -0.2) is 30.5 Å². The second-order valence-electron chi connectivity index (χ2n) is 8.37. The van der Waals surface area contributed by atoms with Gasteiger partial charge in [0, 0.05) is 6.61 Å². The normalized spacial score (nSPS) is 15.4. The molecule has 0 rings (SSSR count). The van der Waals surface area contributed by atoms with Crippen LogP contribution in [0.25, 0.3) is 0 Å². The molecule has 122 valence electrons. The monoisotopic (exact) mass is 287 g/mol. The van der Waals surface area contributed by atoms with Crippen LogP contribution in [-0.2, 0) is 9.47 Å². The fraction of sp³-hybridized carbons (Fsp3) is 1.00. The summed E-state index contributed by atoms with van der Waals surface area (Å²) in [6.07, 6.45) is 3.08. The first-order valence-corrected chi connectivity index (χ1v) is 7.89. The third-order valence-electron chi connectivity index (χ3n) is 3.19. The summed E-state index contributed by atoms with van der Waals surface area (Å²) in [5.74, 6) is 0. The maximum Gasteiger partial charge on any atom is 0.0655 e. The Labute approximate surface area is 126 Å². The van der Waals surface area contributed by atoms with Crippen molar-refractivity contribution in [1.82, 2.24) is 0 Å². The number of hydrogen-bond donors (Lipinski definition) is 1. The Kier molecular flexibility index (Phi) is 7.72. The van der Waals surface area contributed by atoms with Crippen LogP contribution in [0.2, 0.25) is 0 Å². The van der Waals surface area contributed by atoms with E-state index >= 15 is 0 Å². The van der Waals surface area contributed by atoms with Gasteiger partial charge < -0.3 is 15.2 Å². The molecule has 0 amide bonds. The average molecular weight is 287 g/mol. The number of rotatable bonds is 9. The molecule has 0 bridgehead atoms. The quantitative estimate of drug-likeness (QED) is 0.693. The predicted octanol–water partition coefficient (Wildman–Crippen LogP) is 4.14. The van der Waals surface area contributed by atoms with Crippen molar-refractivity contribution < 1.29 is 9.47 Å². The van der Waals surface area contributed by atoms with Gasteiger partial charge in [0.25, 0.3) is 0 Å². The number of ether oxygens (including phenoxy) is 2. The van der Waals surface area contributed by atoms with E-state index in [1.54, 1.807) is 0 Å². The van der Waals surface area contributed by atoms with Crippen LogP contribution in [0, 0.1) is 5.41 Å². The van der Waals surface area contributed by atoms with Gasteiger partial charge in [-0.15, -0.1) is 0 Å². The summed E-state index contributed by atoms with van der Waals surface area (Å²) in [7, 11) is 0. The summed E-state index contributed by atoms with van der Waals surface area (Å²) in [6.45, 7) is 18.9. The number of hydrogen-bond acceptors (Lipinski definition) is 3. The lowest BCUT2D eigenvalue weighted by molar-refractivity contribution is -0.146. The third-order valence-corrected chi connectivity index (χ3v) is 3.19. The standard InChI is InChI=1S/C17H37NO2/c1-14(9-11-18)19-12-10-16(5,6)20-17(7,8)13-15(2,3)4/h14H,9-13,18H2,1-8H3. The first-order valence-electron chi connectivity index (χ1n) is 7.89. The van der Waals surface area contributed by atoms with E-state index < -0.39 is 0 Å². The molecule has 0 aliphatic carbocycles. The molecule has 0 aliphatic heterocycles. The molecule has 0 fully saturated rings. The van der Waals surface area contributed by atoms with Gasteiger partial charge in [0.1, 0.15) is 0 Å². The van der Waals surface area contributed by atoms with Gasteiger partial charge in [-0.1, -0.05) is 20.8 Å². The van der Waals surface area contributed by atoms with Gasteiger partial charge in [-0.2, -0.15) is 0 Å². The predicted molar refractivity (Wildman–Crippen MR) is 87.0 cm³/mol. The molecule has 0 saturated carbocycles. The summed E-state index contributed by atoms with van der Waals surface area (Å²) >= 11 is 0. The van der Waals surface area contributed by atoms with E-state index in [9.17, 15) is 0 Å². The summed E-state index contributed by atoms with van der Waals surface area (Å²) in [4.78, 5) is 0. The van der Waals surface area contributed by atoms with E-state index in [0.717, 1.165) is 25.9 Å². The van der Waals surface area contributed by atoms with E-state index in [4.69, 9.17) is 15.2 Å². The molecule has 1 unspecified atom stereocenters. The van der Waals surface area contributed by atoms with Crippen molar-refractivity contribution in [2.45, 2.75) is 92.0 Å². The highest BCUT2D eigenvalue weighted by Crippen LogP contribution is 2.33. The SMILES string of the molecule is CC(CCN)OCCC(C)(C)OC(C)(C)CC(C)(C)C. The second-order valence-corrected chi connectivity index (χ2v) is 8.37. The molecule has 0 saturated heterocycles. The lowest BCUT2D eigenvalue weighted by Gasteiger charge is -2.39. The molecule has 0 radical (unpaired) electrons. The Morgan fingerprint density at radius 2 is 1.50 bits per heavy atom. The van der Waals surface area contributed by atoms with E-state index in [-0.39, 0.29) is 22.7 Å². The zero-order chi connectivity index (χ0) is 16.0. The van der Waals surface area contributed by atoms with Gasteiger partial charge in [-0.3, -0.25) is 0 Å². The first kappa shape index (κ1) is 19.9. The molecule has 0 heterocycles. The summed E-state index contributed by atoms with van der Waals surface area (Å²) in [6, 6.07) is 0. The van der Waals surface area contributed by atoms with Crippen LogP contribution in [0.5, 0.6) is 0 Å². The largest absolute Gasteiger partial charge is 0.378 e. The molecule has 2 N–H and O–H groups in total. The Morgan fingerprint density at radius 3 is 1.95 bits per heavy atom. The van der Waals surface area contributed by atoms with E-state index in [1.807, 2.05) is 0 Å². The highest BCUT2D eigenvalue weighted by Gasteiger charge is 2.32. The molecule has 0 spiro atoms. The molecule has 0 aromatic rings. The molecule has 0 aromatic carbocycles. The van der Waals surface area contributed by atoms with Crippen LogP contribution in [0.3, 0.4) is 0 Å². The van der Waals surface area contributed by atoms with Crippen molar-refractivity contribution in [2.24, 2.45) is 11.1 Å². The van der Waals surface area contributed by atoms with E-state index in [0.29, 0.717) is 6.54 Å². The van der Waals surface area contributed by atoms with Crippen LogP contribution in [0.4, 0.5) is 0 Å². The molecule has 0 aromatic heterocycles. The van der Waals surface area contributed by atoms with Gasteiger partial charge in [0.15, 0.2) is 0 Å². The van der Waals surface area contributed by atoms with E-state index in [2.05, 4.69) is 55.4 Å². The maximum absolute atomic E-state index is 6.34. The fourth-order valence-electron chi connectivity index (χ4n) is 2.94. The molecule has 0 aliphatic rings. The van der Waals surface area contributed by atoms with Gasteiger partial charge in [-0.25, -0.2) is 0 Å². The average Bonchev–Trinajstić information content (AvgIpc) is 2.10. The van der Waals surface area contributed by atoms with Crippen LogP contribution >= 0.6 is 0 Å². The minimum atomic E-state index is -0.169. The molecule has 20 heavy (non-hydrogen) atoms. The van der Waals surface area contributed by atoms with Crippen molar-refractivity contribution >= 4 is 0 Å². The Morgan fingerprint density at radius 1 is 0.950 bits per heavy atom. The van der Waals surface area contributed by atoms with Gasteiger partial charge in [0.2, 0.25) is 0 Å². The first-order chi connectivity index (χ1) is 8.87. The van der Waals surface area contributed by atoms with E-state index in [1.165, 1.54) is 0 Å². The fourth-order valence-corrected chi connectivity index (χ4v) is 2.94. The van der Waals surface area contributed by atoms with Crippen molar-refractivity contribution in [1.29, 1.82) is 0 Å². The Balaban J connectivity index is 4.23. The zero-order valence-corrected chi connectivity index (χ0v) is 15.0. The van der Waals surface area contributed by atoms with Crippen molar-refractivity contribution in [2.75, 3.05) is 13.2 Å². The van der Waals surface area contributed by atoms with Gasteiger partial charge in [-0.05, 0) is 65.8 Å². The zero-order valence-electron chi connectivity index (χ0n) is 15.0. The molecule has 3 nitrogen and oxygen atoms in total. The van der Waals surface area contributed by atoms with Crippen molar-refractivity contribution in [3.63, 3.8) is 0 Å². The summed E-state index contributed by atoms with van der Waals surface area (Å²) < 4.78 is 12.1. The third kappa shape index (κ3) is 10.6. The minimum absolute atomic E-state index is 0.120. The highest BCUT2D eigenvalue weighted by molar-refractivity contribution is 4.81. The summed E-state index contributed by atoms with van der Waals surface area (Å²) in [5.41, 5.74) is 5.50. The van der Waals surface area contributed by atoms with Crippen LogP contribution < -0.4 is 5.73 Å². The van der Waals surface area contributed by atoms with Crippen molar-refractivity contribution in [3.8, 4) is 0 Å². The van der Waals surface area contributed by atoms with Crippen LogP contribution in [0.15, 0.2) is 0 Å². The van der Waals surface area contributed by atoms with Gasteiger partial charge in [0.05, 0.1) is 17.3 Å². The van der Waals surface area contributed by atoms with Crippen LogP contribution in [0.1, 0.15) is 74.7 Å². The second kappa shape index (κ2) is 7.77. The lowest BCUT2D eigenvalue weighted by atomic mass is 9.83. The smallest absolute Gasteiger partial charge is 0.0655 e. The number of nitrogens with two attached hydrogens (primary N) is 1. The topological polar surface area (TPSA) is 44.5 Å². The highest BCUT2D eigenvalue weighted by atomic mass is 16.5. The Bertz CT molecular complexity index is 267. The molecule has 1 atom stereocenters. The molecular weight excluding hydrogens is 250 g/mol. The van der Waals surface area contributed by atoms with Crippen molar-refractivity contribution in [3.05, 3.63) is 0 Å².